The Bertz CT molecular complexity index is 668. The number of hydrogen-bond acceptors (Lipinski definition) is 2. The van der Waals surface area contributed by atoms with Gasteiger partial charge in [-0.25, -0.2) is 9.18 Å². The first-order chi connectivity index (χ1) is 9.97. The van der Waals surface area contributed by atoms with Crippen molar-refractivity contribution in [2.45, 2.75) is 20.3 Å². The molecule has 0 saturated carbocycles. The molecule has 2 aromatic rings. The molecule has 0 amide bonds. The van der Waals surface area contributed by atoms with Gasteiger partial charge in [-0.15, -0.1) is 0 Å². The largest absolute Gasteiger partial charge is 0.478 e. The molecule has 0 bridgehead atoms. The van der Waals surface area contributed by atoms with E-state index < -0.39 is 5.97 Å². The predicted octanol–water partition coefficient (Wildman–Crippen LogP) is 3.80. The fraction of sp³-hybridized carbons (Fsp3) is 0.235. The van der Waals surface area contributed by atoms with Gasteiger partial charge in [0.1, 0.15) is 5.82 Å². The average Bonchev–Trinajstić information content (AvgIpc) is 2.42. The van der Waals surface area contributed by atoms with Crippen LogP contribution in [0.15, 0.2) is 36.4 Å². The summed E-state index contributed by atoms with van der Waals surface area (Å²) in [5.74, 6) is -1.19. The second-order valence-corrected chi connectivity index (χ2v) is 5.10. The minimum absolute atomic E-state index is 0.240. The Balaban J connectivity index is 2.05. The van der Waals surface area contributed by atoms with Crippen molar-refractivity contribution >= 4 is 11.7 Å². The van der Waals surface area contributed by atoms with Crippen molar-refractivity contribution in [2.75, 3.05) is 11.9 Å². The summed E-state index contributed by atoms with van der Waals surface area (Å²) in [5, 5.41) is 12.3. The lowest BCUT2D eigenvalue weighted by Gasteiger charge is -2.11. The number of aryl methyl sites for hydroxylation is 2. The monoisotopic (exact) mass is 287 g/mol. The Labute approximate surface area is 123 Å². The van der Waals surface area contributed by atoms with Crippen molar-refractivity contribution in [1.82, 2.24) is 0 Å². The summed E-state index contributed by atoms with van der Waals surface area (Å²) < 4.78 is 13.0. The van der Waals surface area contributed by atoms with Crippen LogP contribution < -0.4 is 5.32 Å². The van der Waals surface area contributed by atoms with Crippen molar-refractivity contribution in [3.05, 3.63) is 64.5 Å². The number of benzene rings is 2. The smallest absolute Gasteiger partial charge is 0.337 e. The van der Waals surface area contributed by atoms with Crippen LogP contribution in [0.5, 0.6) is 0 Å². The molecule has 0 unspecified atom stereocenters. The maximum Gasteiger partial charge on any atom is 0.337 e. The zero-order chi connectivity index (χ0) is 15.4. The lowest BCUT2D eigenvalue weighted by molar-refractivity contribution is 0.0698. The number of rotatable bonds is 5. The fourth-order valence-corrected chi connectivity index (χ4v) is 2.26. The molecule has 0 aliphatic rings. The van der Waals surface area contributed by atoms with Gasteiger partial charge >= 0.3 is 5.97 Å². The van der Waals surface area contributed by atoms with E-state index in [4.69, 9.17) is 0 Å². The fourth-order valence-electron chi connectivity index (χ4n) is 2.26. The highest BCUT2D eigenvalue weighted by Crippen LogP contribution is 2.18. The van der Waals surface area contributed by atoms with E-state index in [9.17, 15) is 14.3 Å². The van der Waals surface area contributed by atoms with Gasteiger partial charge in [-0.3, -0.25) is 0 Å². The number of hydrogen-bond donors (Lipinski definition) is 2. The normalized spacial score (nSPS) is 10.4. The predicted molar refractivity (Wildman–Crippen MR) is 81.5 cm³/mol. The number of carboxylic acid groups (broad SMARTS) is 1. The number of nitrogens with one attached hydrogen (secondary N) is 1. The van der Waals surface area contributed by atoms with Gasteiger partial charge in [0, 0.05) is 12.2 Å². The highest BCUT2D eigenvalue weighted by molar-refractivity contribution is 5.94. The van der Waals surface area contributed by atoms with Gasteiger partial charge in [-0.1, -0.05) is 17.7 Å². The summed E-state index contributed by atoms with van der Waals surface area (Å²) in [6, 6.07) is 10.0. The molecule has 0 aromatic heterocycles. The van der Waals surface area contributed by atoms with E-state index in [1.807, 2.05) is 19.9 Å². The van der Waals surface area contributed by atoms with E-state index >= 15 is 0 Å². The van der Waals surface area contributed by atoms with Gasteiger partial charge in [0.05, 0.1) is 5.56 Å². The van der Waals surface area contributed by atoms with Gasteiger partial charge in [0.2, 0.25) is 0 Å². The molecule has 3 nitrogen and oxygen atoms in total. The molecule has 0 fully saturated rings. The molecule has 0 radical (unpaired) electrons. The van der Waals surface area contributed by atoms with Crippen LogP contribution in [0, 0.1) is 19.7 Å². The molecule has 2 N–H and O–H groups in total. The first-order valence-corrected chi connectivity index (χ1v) is 6.80. The van der Waals surface area contributed by atoms with Crippen LogP contribution in [0.4, 0.5) is 10.1 Å². The second-order valence-electron chi connectivity index (χ2n) is 5.10. The third-order valence-corrected chi connectivity index (χ3v) is 3.42. The van der Waals surface area contributed by atoms with Crippen LogP contribution in [-0.4, -0.2) is 17.6 Å². The maximum absolute atomic E-state index is 13.0. The topological polar surface area (TPSA) is 49.3 Å². The zero-order valence-electron chi connectivity index (χ0n) is 12.1. The Morgan fingerprint density at radius 2 is 1.95 bits per heavy atom. The summed E-state index contributed by atoms with van der Waals surface area (Å²) >= 11 is 0. The van der Waals surface area contributed by atoms with E-state index in [1.165, 1.54) is 12.1 Å². The van der Waals surface area contributed by atoms with Gasteiger partial charge in [-0.2, -0.15) is 0 Å². The third kappa shape index (κ3) is 3.81. The molecule has 0 atom stereocenters. The summed E-state index contributed by atoms with van der Waals surface area (Å²) in [6.45, 7) is 4.32. The Hall–Kier alpha value is -2.36. The van der Waals surface area contributed by atoms with E-state index in [2.05, 4.69) is 5.32 Å². The summed E-state index contributed by atoms with van der Waals surface area (Å²) in [6.07, 6.45) is 0.707. The van der Waals surface area contributed by atoms with Gasteiger partial charge in [0.15, 0.2) is 0 Å². The average molecular weight is 287 g/mol. The van der Waals surface area contributed by atoms with Crippen molar-refractivity contribution in [1.29, 1.82) is 0 Å². The molecule has 4 heteroatoms. The van der Waals surface area contributed by atoms with Crippen LogP contribution >= 0.6 is 0 Å². The number of carboxylic acids is 1. The highest BCUT2D eigenvalue weighted by Gasteiger charge is 2.09. The molecule has 21 heavy (non-hydrogen) atoms. The number of carbonyl (C=O) groups is 1. The molecule has 0 aliphatic heterocycles. The highest BCUT2D eigenvalue weighted by atomic mass is 19.1. The maximum atomic E-state index is 13.0. The zero-order valence-corrected chi connectivity index (χ0v) is 12.1. The van der Waals surface area contributed by atoms with Crippen molar-refractivity contribution in [2.24, 2.45) is 0 Å². The van der Waals surface area contributed by atoms with Crippen LogP contribution in [0.25, 0.3) is 0 Å². The first-order valence-electron chi connectivity index (χ1n) is 6.80. The van der Waals surface area contributed by atoms with Crippen LogP contribution in [0.3, 0.4) is 0 Å². The minimum Gasteiger partial charge on any atom is -0.478 e. The standard InChI is InChI=1S/C17H18FNO2/c1-11-3-6-16(15(9-11)17(20)21)19-8-7-13-4-5-14(18)10-12(13)2/h3-6,9-10,19H,7-8H2,1-2H3,(H,20,21). The van der Waals surface area contributed by atoms with Crippen molar-refractivity contribution < 1.29 is 14.3 Å². The molecule has 0 heterocycles. The SMILES string of the molecule is Cc1ccc(NCCc2ccc(F)cc2C)c(C(=O)O)c1. The van der Waals surface area contributed by atoms with Gasteiger partial charge in [0.25, 0.3) is 0 Å². The molecule has 0 aliphatic carbocycles. The van der Waals surface area contributed by atoms with E-state index in [0.29, 0.717) is 18.7 Å². The Morgan fingerprint density at radius 1 is 1.19 bits per heavy atom. The summed E-state index contributed by atoms with van der Waals surface area (Å²) in [7, 11) is 0. The molecular weight excluding hydrogens is 269 g/mol. The second kappa shape index (κ2) is 6.39. The van der Waals surface area contributed by atoms with E-state index in [1.54, 1.807) is 18.2 Å². The lowest BCUT2D eigenvalue weighted by atomic mass is 10.1. The minimum atomic E-state index is -0.945. The van der Waals surface area contributed by atoms with E-state index in [-0.39, 0.29) is 11.4 Å². The van der Waals surface area contributed by atoms with Crippen molar-refractivity contribution in [3.8, 4) is 0 Å². The number of anilines is 1. The van der Waals surface area contributed by atoms with Crippen LogP contribution in [-0.2, 0) is 6.42 Å². The van der Waals surface area contributed by atoms with Gasteiger partial charge < -0.3 is 10.4 Å². The number of halogens is 1. The molecule has 2 aromatic carbocycles. The van der Waals surface area contributed by atoms with Crippen LogP contribution in [0.1, 0.15) is 27.0 Å². The Kier molecular flexibility index (Phi) is 4.58. The lowest BCUT2D eigenvalue weighted by Crippen LogP contribution is -2.10. The molecular formula is C17H18FNO2. The summed E-state index contributed by atoms with van der Waals surface area (Å²) in [4.78, 5) is 11.2. The third-order valence-electron chi connectivity index (χ3n) is 3.42. The summed E-state index contributed by atoms with van der Waals surface area (Å²) in [5.41, 5.74) is 3.73. The van der Waals surface area contributed by atoms with Gasteiger partial charge in [-0.05, 0) is 55.7 Å². The molecule has 0 spiro atoms. The molecule has 0 saturated heterocycles. The Morgan fingerprint density at radius 3 is 2.62 bits per heavy atom. The van der Waals surface area contributed by atoms with Crippen molar-refractivity contribution in [3.63, 3.8) is 0 Å². The first kappa shape index (κ1) is 15.0. The number of aromatic carboxylic acids is 1. The van der Waals surface area contributed by atoms with Crippen LogP contribution in [0.2, 0.25) is 0 Å². The molecule has 2 rings (SSSR count). The van der Waals surface area contributed by atoms with E-state index in [0.717, 1.165) is 16.7 Å². The quantitative estimate of drug-likeness (QED) is 0.879. The molecule has 110 valence electrons.